The summed E-state index contributed by atoms with van der Waals surface area (Å²) in [6, 6.07) is 17.8. The van der Waals surface area contributed by atoms with Crippen molar-refractivity contribution in [2.45, 2.75) is 25.2 Å². The molecule has 3 aromatic carbocycles. The zero-order valence-corrected chi connectivity index (χ0v) is 19.8. The number of benzene rings is 3. The Morgan fingerprint density at radius 1 is 0.879 bits per heavy atom. The number of nitrogens with one attached hydrogen (secondary N) is 3. The molecule has 0 saturated heterocycles. The molecule has 0 heterocycles. The maximum absolute atomic E-state index is 12.7. The van der Waals surface area contributed by atoms with Crippen LogP contribution in [0.5, 0.6) is 0 Å². The van der Waals surface area contributed by atoms with E-state index < -0.39 is 10.0 Å². The Balaban J connectivity index is 1.53. The first-order chi connectivity index (χ1) is 15.7. The van der Waals surface area contributed by atoms with Gasteiger partial charge in [-0.2, -0.15) is 0 Å². The molecule has 3 N–H and O–H groups in total. The fraction of sp³-hybridized carbons (Fsp3) is 0.167. The second kappa shape index (κ2) is 10.5. The normalized spacial score (nSPS) is 11.0. The van der Waals surface area contributed by atoms with E-state index in [1.807, 2.05) is 32.0 Å². The largest absolute Gasteiger partial charge is 0.352 e. The highest BCUT2D eigenvalue weighted by Crippen LogP contribution is 2.24. The van der Waals surface area contributed by atoms with E-state index in [4.69, 9.17) is 11.6 Å². The molecule has 0 spiro atoms. The molecule has 0 unspecified atom stereocenters. The van der Waals surface area contributed by atoms with Crippen molar-refractivity contribution in [2.75, 3.05) is 16.6 Å². The van der Waals surface area contributed by atoms with E-state index in [0.29, 0.717) is 22.0 Å². The number of amides is 2. The zero-order chi connectivity index (χ0) is 24.0. The zero-order valence-electron chi connectivity index (χ0n) is 18.2. The van der Waals surface area contributed by atoms with Gasteiger partial charge in [-0.15, -0.1) is 0 Å². The molecular formula is C24H24ClN3O4S. The first-order valence-electron chi connectivity index (χ1n) is 10.2. The third-order valence-corrected chi connectivity index (χ3v) is 6.53. The molecule has 33 heavy (non-hydrogen) atoms. The molecule has 0 aliphatic carbocycles. The van der Waals surface area contributed by atoms with E-state index in [0.717, 1.165) is 11.1 Å². The summed E-state index contributed by atoms with van der Waals surface area (Å²) in [5.74, 6) is -0.610. The summed E-state index contributed by atoms with van der Waals surface area (Å²) in [7, 11) is -3.77. The van der Waals surface area contributed by atoms with E-state index in [9.17, 15) is 18.0 Å². The smallest absolute Gasteiger partial charge is 0.261 e. The Kier molecular flexibility index (Phi) is 7.73. The molecule has 0 aliphatic rings. The molecule has 0 radical (unpaired) electrons. The Labute approximate surface area is 198 Å². The van der Waals surface area contributed by atoms with Gasteiger partial charge in [-0.1, -0.05) is 29.8 Å². The summed E-state index contributed by atoms with van der Waals surface area (Å²) in [6.45, 7) is 3.82. The van der Waals surface area contributed by atoms with E-state index in [2.05, 4.69) is 15.4 Å². The number of carbonyl (C=O) groups excluding carboxylic acids is 2. The summed E-state index contributed by atoms with van der Waals surface area (Å²) in [4.78, 5) is 24.3. The van der Waals surface area contributed by atoms with Crippen molar-refractivity contribution < 1.29 is 18.0 Å². The maximum atomic E-state index is 12.7. The van der Waals surface area contributed by atoms with Gasteiger partial charge in [0.15, 0.2) is 0 Å². The average Bonchev–Trinajstić information content (AvgIpc) is 2.77. The van der Waals surface area contributed by atoms with Crippen LogP contribution >= 0.6 is 11.6 Å². The van der Waals surface area contributed by atoms with Gasteiger partial charge >= 0.3 is 0 Å². The molecule has 0 saturated carbocycles. The summed E-state index contributed by atoms with van der Waals surface area (Å²) in [5, 5.41) is 5.89. The van der Waals surface area contributed by atoms with Gasteiger partial charge in [0, 0.05) is 29.2 Å². The molecule has 3 rings (SSSR count). The molecular weight excluding hydrogens is 462 g/mol. The minimum atomic E-state index is -3.77. The van der Waals surface area contributed by atoms with Crippen LogP contribution in [0.1, 0.15) is 27.9 Å². The predicted molar refractivity (Wildman–Crippen MR) is 130 cm³/mol. The maximum Gasteiger partial charge on any atom is 0.261 e. The van der Waals surface area contributed by atoms with E-state index >= 15 is 0 Å². The Morgan fingerprint density at radius 2 is 1.48 bits per heavy atom. The van der Waals surface area contributed by atoms with E-state index in [1.165, 1.54) is 24.3 Å². The number of para-hydroxylation sites is 1. The number of rotatable bonds is 8. The minimum absolute atomic E-state index is 0.0630. The van der Waals surface area contributed by atoms with Crippen LogP contribution in [0.3, 0.4) is 0 Å². The average molecular weight is 486 g/mol. The third-order valence-electron chi connectivity index (χ3n) is 4.91. The van der Waals surface area contributed by atoms with Crippen molar-refractivity contribution in [1.29, 1.82) is 0 Å². The second-order valence-electron chi connectivity index (χ2n) is 7.46. The molecule has 0 aliphatic heterocycles. The highest BCUT2D eigenvalue weighted by atomic mass is 35.5. The highest BCUT2D eigenvalue weighted by molar-refractivity contribution is 7.92. The fourth-order valence-corrected chi connectivity index (χ4v) is 4.43. The summed E-state index contributed by atoms with van der Waals surface area (Å²) in [5.41, 5.74) is 3.10. The number of aryl methyl sites for hydroxylation is 2. The van der Waals surface area contributed by atoms with Crippen LogP contribution in [-0.2, 0) is 14.8 Å². The van der Waals surface area contributed by atoms with Crippen molar-refractivity contribution in [1.82, 2.24) is 5.32 Å². The van der Waals surface area contributed by atoms with Crippen LogP contribution < -0.4 is 15.4 Å². The summed E-state index contributed by atoms with van der Waals surface area (Å²) >= 11 is 5.80. The molecule has 0 atom stereocenters. The van der Waals surface area contributed by atoms with Crippen molar-refractivity contribution in [3.63, 3.8) is 0 Å². The van der Waals surface area contributed by atoms with Crippen LogP contribution in [-0.4, -0.2) is 26.8 Å². The van der Waals surface area contributed by atoms with Crippen LogP contribution in [0.2, 0.25) is 5.02 Å². The lowest BCUT2D eigenvalue weighted by Crippen LogP contribution is -2.27. The number of halogens is 1. The van der Waals surface area contributed by atoms with Gasteiger partial charge in [0.2, 0.25) is 5.91 Å². The highest BCUT2D eigenvalue weighted by Gasteiger charge is 2.16. The van der Waals surface area contributed by atoms with E-state index in [1.54, 1.807) is 24.3 Å². The quantitative estimate of drug-likeness (QED) is 0.436. The molecule has 0 fully saturated rings. The SMILES string of the molecule is Cc1cccc(C)c1NS(=O)(=O)c1ccc(NC(=O)CCNC(=O)c2ccc(Cl)cc2)cc1. The monoisotopic (exact) mass is 485 g/mol. The molecule has 0 aromatic heterocycles. The van der Waals surface area contributed by atoms with Crippen LogP contribution in [0.15, 0.2) is 71.6 Å². The molecule has 3 aromatic rings. The minimum Gasteiger partial charge on any atom is -0.352 e. The molecule has 9 heteroatoms. The third kappa shape index (κ3) is 6.57. The second-order valence-corrected chi connectivity index (χ2v) is 9.58. The Morgan fingerprint density at radius 3 is 2.09 bits per heavy atom. The lowest BCUT2D eigenvalue weighted by Gasteiger charge is -2.13. The lowest BCUT2D eigenvalue weighted by molar-refractivity contribution is -0.116. The van der Waals surface area contributed by atoms with Gasteiger partial charge in [-0.25, -0.2) is 8.42 Å². The predicted octanol–water partition coefficient (Wildman–Crippen LogP) is 4.52. The molecule has 172 valence electrons. The Bertz CT molecular complexity index is 1240. The fourth-order valence-electron chi connectivity index (χ4n) is 3.10. The van der Waals surface area contributed by atoms with Crippen LogP contribution in [0.4, 0.5) is 11.4 Å². The number of hydrogen-bond acceptors (Lipinski definition) is 4. The summed E-state index contributed by atoms with van der Waals surface area (Å²) < 4.78 is 28.1. The van der Waals surface area contributed by atoms with Gasteiger partial charge < -0.3 is 10.6 Å². The standard InChI is InChI=1S/C24H24ClN3O4S/c1-16-4-3-5-17(2)23(16)28-33(31,32)21-12-10-20(11-13-21)27-22(29)14-15-26-24(30)18-6-8-19(25)9-7-18/h3-13,28H,14-15H2,1-2H3,(H,26,30)(H,27,29). The summed E-state index contributed by atoms with van der Waals surface area (Å²) in [6.07, 6.45) is 0.0630. The number of hydrogen-bond donors (Lipinski definition) is 3. The van der Waals surface area contributed by atoms with Crippen LogP contribution in [0, 0.1) is 13.8 Å². The first-order valence-corrected chi connectivity index (χ1v) is 12.0. The number of sulfonamides is 1. The molecule has 2 amide bonds. The number of carbonyl (C=O) groups is 2. The molecule has 7 nitrogen and oxygen atoms in total. The van der Waals surface area contributed by atoms with Crippen LogP contribution in [0.25, 0.3) is 0 Å². The van der Waals surface area contributed by atoms with E-state index in [-0.39, 0.29) is 29.7 Å². The lowest BCUT2D eigenvalue weighted by atomic mass is 10.1. The van der Waals surface area contributed by atoms with Gasteiger partial charge in [0.25, 0.3) is 15.9 Å². The van der Waals surface area contributed by atoms with Gasteiger partial charge in [0.05, 0.1) is 10.6 Å². The van der Waals surface area contributed by atoms with Crippen molar-refractivity contribution in [2.24, 2.45) is 0 Å². The number of anilines is 2. The molecule has 0 bridgehead atoms. The van der Waals surface area contributed by atoms with Gasteiger partial charge in [-0.05, 0) is 73.5 Å². The van der Waals surface area contributed by atoms with Crippen molar-refractivity contribution in [3.05, 3.63) is 88.4 Å². The van der Waals surface area contributed by atoms with Gasteiger partial charge in [0.1, 0.15) is 0 Å². The van der Waals surface area contributed by atoms with Gasteiger partial charge in [-0.3, -0.25) is 14.3 Å². The topological polar surface area (TPSA) is 104 Å². The van der Waals surface area contributed by atoms with Crippen molar-refractivity contribution >= 4 is 44.8 Å². The Hall–Kier alpha value is -3.36. The van der Waals surface area contributed by atoms with Crippen molar-refractivity contribution in [3.8, 4) is 0 Å². The first kappa shape index (κ1) is 24.3.